The highest BCUT2D eigenvalue weighted by molar-refractivity contribution is 5.65. The molecule has 0 radical (unpaired) electrons. The molecule has 0 aliphatic heterocycles. The van der Waals surface area contributed by atoms with E-state index >= 15 is 0 Å². The lowest BCUT2D eigenvalue weighted by molar-refractivity contribution is 0.236. The van der Waals surface area contributed by atoms with Crippen molar-refractivity contribution in [3.8, 4) is 17.5 Å². The van der Waals surface area contributed by atoms with Crippen LogP contribution in [0.4, 0.5) is 20.2 Å². The normalized spacial score (nSPS) is 11.7. The van der Waals surface area contributed by atoms with Crippen LogP contribution in [0.15, 0.2) is 59.8 Å². The Bertz CT molecular complexity index is 1470. The molecule has 4 aromatic rings. The number of hydrogen-bond donors (Lipinski definition) is 2. The van der Waals surface area contributed by atoms with Gasteiger partial charge >= 0.3 is 0 Å². The summed E-state index contributed by atoms with van der Waals surface area (Å²) in [4.78, 5) is 17.4. The lowest BCUT2D eigenvalue weighted by Crippen LogP contribution is -2.32. The third-order valence-electron chi connectivity index (χ3n) is 5.24. The summed E-state index contributed by atoms with van der Waals surface area (Å²) in [5.74, 6) is -1.26. The van der Waals surface area contributed by atoms with Gasteiger partial charge in [-0.1, -0.05) is 0 Å². The molecule has 1 atom stereocenters. The van der Waals surface area contributed by atoms with Gasteiger partial charge in [-0.3, -0.25) is 4.79 Å². The van der Waals surface area contributed by atoms with E-state index in [1.165, 1.54) is 13.2 Å². The van der Waals surface area contributed by atoms with E-state index in [4.69, 9.17) is 4.74 Å². The molecular formula is C24H20F2N6O3. The van der Waals surface area contributed by atoms with Gasteiger partial charge in [0.05, 0.1) is 31.4 Å². The zero-order valence-corrected chi connectivity index (χ0v) is 18.7. The van der Waals surface area contributed by atoms with Crippen molar-refractivity contribution in [1.29, 1.82) is 5.26 Å². The lowest BCUT2D eigenvalue weighted by atomic mass is 10.1. The summed E-state index contributed by atoms with van der Waals surface area (Å²) >= 11 is 0. The number of ether oxygens (including phenoxy) is 1. The lowest BCUT2D eigenvalue weighted by Gasteiger charge is -2.19. The van der Waals surface area contributed by atoms with Crippen LogP contribution in [-0.4, -0.2) is 38.2 Å². The fourth-order valence-corrected chi connectivity index (χ4v) is 3.64. The molecule has 0 unspecified atom stereocenters. The molecule has 0 saturated heterocycles. The number of aryl methyl sites for hydroxylation is 1. The Hall–Kier alpha value is -4.56. The van der Waals surface area contributed by atoms with Crippen LogP contribution in [0, 0.1) is 29.9 Å². The number of nitrogens with zero attached hydrogens (tertiary/aromatic N) is 5. The van der Waals surface area contributed by atoms with Crippen molar-refractivity contribution in [1.82, 2.24) is 19.3 Å². The first-order valence-corrected chi connectivity index (χ1v) is 10.4. The van der Waals surface area contributed by atoms with Gasteiger partial charge < -0.3 is 19.7 Å². The Morgan fingerprint density at radius 2 is 1.94 bits per heavy atom. The molecule has 0 saturated carbocycles. The number of aliphatic hydroxyl groups is 1. The van der Waals surface area contributed by atoms with Gasteiger partial charge in [0.1, 0.15) is 35.2 Å². The van der Waals surface area contributed by atoms with Crippen molar-refractivity contribution in [3.05, 3.63) is 93.9 Å². The van der Waals surface area contributed by atoms with Crippen LogP contribution in [0.5, 0.6) is 5.75 Å². The van der Waals surface area contributed by atoms with Crippen molar-refractivity contribution >= 4 is 11.4 Å². The number of aromatic nitrogens is 4. The number of nitriles is 1. The third-order valence-corrected chi connectivity index (χ3v) is 5.24. The zero-order chi connectivity index (χ0) is 25.1. The number of imidazole rings is 1. The highest BCUT2D eigenvalue weighted by atomic mass is 19.1. The first-order chi connectivity index (χ1) is 16.8. The van der Waals surface area contributed by atoms with Crippen LogP contribution >= 0.6 is 0 Å². The molecular weight excluding hydrogens is 458 g/mol. The maximum atomic E-state index is 13.8. The van der Waals surface area contributed by atoms with Crippen molar-refractivity contribution < 1.29 is 18.6 Å². The summed E-state index contributed by atoms with van der Waals surface area (Å²) in [6.07, 6.45) is 3.47. The first-order valence-electron chi connectivity index (χ1n) is 10.4. The van der Waals surface area contributed by atoms with Gasteiger partial charge in [0.25, 0.3) is 5.56 Å². The summed E-state index contributed by atoms with van der Waals surface area (Å²) in [5.41, 5.74) is 1.13. The molecule has 0 fully saturated rings. The number of methoxy groups -OCH3 is 1. The predicted octanol–water partition coefficient (Wildman–Crippen LogP) is 3.22. The molecule has 35 heavy (non-hydrogen) atoms. The van der Waals surface area contributed by atoms with Gasteiger partial charge in [-0.2, -0.15) is 10.4 Å². The number of aliphatic hydroxyl groups excluding tert-OH is 1. The van der Waals surface area contributed by atoms with E-state index in [0.717, 1.165) is 28.2 Å². The van der Waals surface area contributed by atoms with Gasteiger partial charge in [-0.15, -0.1) is 0 Å². The third kappa shape index (κ3) is 4.87. The molecule has 0 amide bonds. The van der Waals surface area contributed by atoms with Gasteiger partial charge in [-0.25, -0.2) is 18.4 Å². The molecule has 2 aromatic carbocycles. The Morgan fingerprint density at radius 1 is 1.20 bits per heavy atom. The maximum absolute atomic E-state index is 13.8. The summed E-state index contributed by atoms with van der Waals surface area (Å²) in [6.45, 7) is 1.18. The number of halogens is 2. The molecule has 0 aliphatic carbocycles. The molecule has 9 nitrogen and oxygen atoms in total. The smallest absolute Gasteiger partial charge is 0.291 e. The molecule has 4 rings (SSSR count). The van der Waals surface area contributed by atoms with Crippen LogP contribution < -0.4 is 15.6 Å². The molecule has 0 bridgehead atoms. The van der Waals surface area contributed by atoms with Gasteiger partial charge in [0, 0.05) is 30.1 Å². The minimum absolute atomic E-state index is 0.0118. The Balaban J connectivity index is 1.75. The summed E-state index contributed by atoms with van der Waals surface area (Å²) in [7, 11) is 1.50. The fourth-order valence-electron chi connectivity index (χ4n) is 3.64. The van der Waals surface area contributed by atoms with Crippen molar-refractivity contribution in [2.45, 2.75) is 13.0 Å². The summed E-state index contributed by atoms with van der Waals surface area (Å²) in [5, 5.41) is 26.2. The Labute approximate surface area is 198 Å². The second-order valence-electron chi connectivity index (χ2n) is 7.64. The minimum atomic E-state index is -1.22. The van der Waals surface area contributed by atoms with E-state index in [1.54, 1.807) is 29.1 Å². The number of benzene rings is 2. The number of nitrogens with one attached hydrogen (secondary N) is 1. The fraction of sp³-hybridized carbons (Fsp3) is 0.167. The summed E-state index contributed by atoms with van der Waals surface area (Å²) < 4.78 is 35.6. The molecule has 0 spiro atoms. The monoisotopic (exact) mass is 478 g/mol. The SMILES string of the molecule is COc1cc(Nc2cc(C#N)nn([C@@H](CO)c3cc(F)cc(F)c3)c2=O)ccc1-n1cnc(C)c1. The van der Waals surface area contributed by atoms with Gasteiger partial charge in [-0.05, 0) is 36.8 Å². The molecule has 178 valence electrons. The topological polar surface area (TPSA) is 118 Å². The van der Waals surface area contributed by atoms with E-state index in [-0.39, 0.29) is 16.9 Å². The van der Waals surface area contributed by atoms with Gasteiger partial charge in [0.15, 0.2) is 5.69 Å². The van der Waals surface area contributed by atoms with Crippen molar-refractivity contribution in [2.24, 2.45) is 0 Å². The predicted molar refractivity (Wildman–Crippen MR) is 123 cm³/mol. The quantitative estimate of drug-likeness (QED) is 0.419. The highest BCUT2D eigenvalue weighted by Gasteiger charge is 2.21. The van der Waals surface area contributed by atoms with Crippen molar-refractivity contribution in [2.75, 3.05) is 19.0 Å². The van der Waals surface area contributed by atoms with Crippen LogP contribution in [-0.2, 0) is 0 Å². The van der Waals surface area contributed by atoms with E-state index in [1.807, 2.05) is 19.2 Å². The molecule has 11 heteroatoms. The zero-order valence-electron chi connectivity index (χ0n) is 18.7. The van der Waals surface area contributed by atoms with E-state index in [9.17, 15) is 23.9 Å². The molecule has 2 N–H and O–H groups in total. The van der Waals surface area contributed by atoms with E-state index in [0.29, 0.717) is 17.5 Å². The molecule has 0 aliphatic rings. The average Bonchev–Trinajstić information content (AvgIpc) is 3.27. The highest BCUT2D eigenvalue weighted by Crippen LogP contribution is 2.28. The van der Waals surface area contributed by atoms with Crippen LogP contribution in [0.2, 0.25) is 0 Å². The largest absolute Gasteiger partial charge is 0.494 e. The standard InChI is InChI=1S/C24H20F2N6O3/c1-14-11-31(13-28-14)21-4-3-18(9-23(21)35-2)29-20-8-19(10-27)30-32(24(20)34)22(12-33)15-5-16(25)7-17(26)6-15/h3-9,11,13,22,29,33H,12H2,1-2H3/t22-/m0/s1. The molecule has 2 heterocycles. The van der Waals surface area contributed by atoms with E-state index < -0.39 is 29.8 Å². The summed E-state index contributed by atoms with van der Waals surface area (Å²) in [6, 6.07) is 9.67. The number of hydrogen-bond acceptors (Lipinski definition) is 7. The second-order valence-corrected chi connectivity index (χ2v) is 7.64. The number of anilines is 2. The minimum Gasteiger partial charge on any atom is -0.494 e. The van der Waals surface area contributed by atoms with Crippen molar-refractivity contribution in [3.63, 3.8) is 0 Å². The average molecular weight is 478 g/mol. The first kappa shape index (κ1) is 23.6. The van der Waals surface area contributed by atoms with E-state index in [2.05, 4.69) is 15.4 Å². The van der Waals surface area contributed by atoms with Gasteiger partial charge in [0.2, 0.25) is 0 Å². The Morgan fingerprint density at radius 3 is 2.54 bits per heavy atom. The van der Waals surface area contributed by atoms with Crippen LogP contribution in [0.25, 0.3) is 5.69 Å². The van der Waals surface area contributed by atoms with Crippen LogP contribution in [0.3, 0.4) is 0 Å². The number of rotatable bonds is 7. The second kappa shape index (κ2) is 9.74. The van der Waals surface area contributed by atoms with Crippen LogP contribution in [0.1, 0.15) is 23.0 Å². The maximum Gasteiger partial charge on any atom is 0.291 e. The Kier molecular flexibility index (Phi) is 6.57. The molecule has 2 aromatic heterocycles.